The zero-order chi connectivity index (χ0) is 30.2. The smallest absolute Gasteiger partial charge is 0.251 e. The standard InChI is InChI=1S/C32H34F4N2O3S/c1-3-4-5-6-7-8-14-41-29-11-9-10-25(34)24(29)19-38-28-13-12-21(15-30(28)42-20(2)32(38)40)31(39)37-18-23-26(35)16-22(33)17-27(23)36/h9-13,15-17,20H,3-8,14,18-19H2,1-2H3,(H,37,39). The lowest BCUT2D eigenvalue weighted by atomic mass is 10.1. The summed E-state index contributed by atoms with van der Waals surface area (Å²) in [7, 11) is 0. The lowest BCUT2D eigenvalue weighted by Gasteiger charge is -2.33. The van der Waals surface area contributed by atoms with Crippen molar-refractivity contribution < 1.29 is 31.9 Å². The number of ether oxygens (including phenoxy) is 1. The Hall–Kier alpha value is -3.53. The molecule has 1 aliphatic rings. The first-order valence-corrected chi connectivity index (χ1v) is 15.0. The number of hydrogen-bond acceptors (Lipinski definition) is 4. The van der Waals surface area contributed by atoms with E-state index in [1.54, 1.807) is 31.2 Å². The summed E-state index contributed by atoms with van der Waals surface area (Å²) in [5.41, 5.74) is 0.536. The van der Waals surface area contributed by atoms with Gasteiger partial charge >= 0.3 is 0 Å². The molecule has 1 atom stereocenters. The van der Waals surface area contributed by atoms with Gasteiger partial charge in [0.15, 0.2) is 0 Å². The Labute approximate surface area is 247 Å². The lowest BCUT2D eigenvalue weighted by Crippen LogP contribution is -2.39. The topological polar surface area (TPSA) is 58.6 Å². The normalized spacial score (nSPS) is 14.6. The molecule has 0 spiro atoms. The highest BCUT2D eigenvalue weighted by molar-refractivity contribution is 8.01. The van der Waals surface area contributed by atoms with E-state index in [4.69, 9.17) is 4.74 Å². The molecule has 42 heavy (non-hydrogen) atoms. The van der Waals surface area contributed by atoms with Gasteiger partial charge in [0, 0.05) is 40.3 Å². The molecule has 0 bridgehead atoms. The number of nitrogens with one attached hydrogen (secondary N) is 1. The number of amides is 2. The summed E-state index contributed by atoms with van der Waals surface area (Å²) in [6.45, 7) is 3.82. The largest absolute Gasteiger partial charge is 0.493 e. The van der Waals surface area contributed by atoms with Crippen LogP contribution in [0, 0.1) is 23.3 Å². The lowest BCUT2D eigenvalue weighted by molar-refractivity contribution is -0.118. The zero-order valence-electron chi connectivity index (χ0n) is 23.7. The first kappa shape index (κ1) is 31.4. The molecule has 10 heteroatoms. The molecule has 0 saturated carbocycles. The van der Waals surface area contributed by atoms with E-state index >= 15 is 4.39 Å². The molecule has 3 aromatic rings. The van der Waals surface area contributed by atoms with Crippen molar-refractivity contribution in [2.75, 3.05) is 11.5 Å². The number of thioether (sulfide) groups is 1. The first-order valence-electron chi connectivity index (χ1n) is 14.1. The maximum absolute atomic E-state index is 15.0. The van der Waals surface area contributed by atoms with Crippen molar-refractivity contribution in [1.82, 2.24) is 5.32 Å². The highest BCUT2D eigenvalue weighted by Gasteiger charge is 2.32. The molecule has 1 aliphatic heterocycles. The molecule has 1 unspecified atom stereocenters. The SMILES string of the molecule is CCCCCCCCOc1cccc(F)c1CN1C(=O)C(C)Sc2cc(C(=O)NCc3c(F)cc(F)cc3F)ccc21. The van der Waals surface area contributed by atoms with Crippen LogP contribution < -0.4 is 15.0 Å². The van der Waals surface area contributed by atoms with E-state index in [1.165, 1.54) is 48.1 Å². The van der Waals surface area contributed by atoms with Crippen molar-refractivity contribution in [1.29, 1.82) is 0 Å². The molecular weight excluding hydrogens is 568 g/mol. The molecule has 0 radical (unpaired) electrons. The number of rotatable bonds is 13. The number of halogens is 4. The monoisotopic (exact) mass is 602 g/mol. The average Bonchev–Trinajstić information content (AvgIpc) is 2.95. The Balaban J connectivity index is 1.48. The molecule has 0 aromatic heterocycles. The second kappa shape index (κ2) is 14.6. The summed E-state index contributed by atoms with van der Waals surface area (Å²) in [6, 6.07) is 10.4. The molecule has 1 heterocycles. The molecule has 0 aliphatic carbocycles. The van der Waals surface area contributed by atoms with Crippen LogP contribution >= 0.6 is 11.8 Å². The number of unbranched alkanes of at least 4 members (excludes halogenated alkanes) is 5. The summed E-state index contributed by atoms with van der Waals surface area (Å²) in [5, 5.41) is 1.95. The third-order valence-corrected chi connectivity index (χ3v) is 8.25. The molecule has 4 rings (SSSR count). The number of nitrogens with zero attached hydrogens (tertiary/aromatic N) is 1. The number of fused-ring (bicyclic) bond motifs is 1. The molecule has 2 amide bonds. The fraction of sp³-hybridized carbons (Fsp3) is 0.375. The number of carbonyl (C=O) groups excluding carboxylic acids is 2. The second-order valence-electron chi connectivity index (χ2n) is 10.2. The number of carbonyl (C=O) groups is 2. The van der Waals surface area contributed by atoms with Gasteiger partial charge in [-0.05, 0) is 43.7 Å². The van der Waals surface area contributed by atoms with Crippen molar-refractivity contribution in [2.45, 2.75) is 75.6 Å². The van der Waals surface area contributed by atoms with Gasteiger partial charge in [-0.25, -0.2) is 17.6 Å². The van der Waals surface area contributed by atoms with Gasteiger partial charge in [0.05, 0.1) is 24.1 Å². The molecular formula is C32H34F4N2O3S. The number of benzene rings is 3. The minimum Gasteiger partial charge on any atom is -0.493 e. The Morgan fingerprint density at radius 2 is 1.64 bits per heavy atom. The summed E-state index contributed by atoms with van der Waals surface area (Å²) >= 11 is 1.26. The number of hydrogen-bond donors (Lipinski definition) is 1. The quantitative estimate of drug-likeness (QED) is 0.159. The van der Waals surface area contributed by atoms with Crippen LogP contribution in [0.2, 0.25) is 0 Å². The van der Waals surface area contributed by atoms with Crippen molar-refractivity contribution in [2.24, 2.45) is 0 Å². The fourth-order valence-corrected chi connectivity index (χ4v) is 5.88. The average molecular weight is 603 g/mol. The highest BCUT2D eigenvalue weighted by Crippen LogP contribution is 2.41. The maximum atomic E-state index is 15.0. The summed E-state index contributed by atoms with van der Waals surface area (Å²) in [5.74, 6) is -4.14. The molecule has 0 saturated heterocycles. The van der Waals surface area contributed by atoms with E-state index in [0.717, 1.165) is 19.3 Å². The molecule has 224 valence electrons. The summed E-state index contributed by atoms with van der Waals surface area (Å²) in [6.07, 6.45) is 6.57. The van der Waals surface area contributed by atoms with E-state index in [-0.39, 0.29) is 23.6 Å². The van der Waals surface area contributed by atoms with Crippen LogP contribution in [0.25, 0.3) is 0 Å². The molecule has 0 fully saturated rings. The van der Waals surface area contributed by atoms with Crippen molar-refractivity contribution in [3.63, 3.8) is 0 Å². The third-order valence-electron chi connectivity index (χ3n) is 7.11. The predicted molar refractivity (Wildman–Crippen MR) is 156 cm³/mol. The minimum absolute atomic E-state index is 0.0517. The van der Waals surface area contributed by atoms with E-state index < -0.39 is 46.5 Å². The summed E-state index contributed by atoms with van der Waals surface area (Å²) in [4.78, 5) is 28.2. The van der Waals surface area contributed by atoms with Gasteiger partial charge in [-0.1, -0.05) is 45.1 Å². The van der Waals surface area contributed by atoms with Crippen LogP contribution in [0.5, 0.6) is 5.75 Å². The van der Waals surface area contributed by atoms with Gasteiger partial charge < -0.3 is 15.0 Å². The Bertz CT molecular complexity index is 1410. The van der Waals surface area contributed by atoms with Crippen molar-refractivity contribution >= 4 is 29.3 Å². The van der Waals surface area contributed by atoms with Crippen LogP contribution in [0.4, 0.5) is 23.2 Å². The van der Waals surface area contributed by atoms with Gasteiger partial charge in [0.2, 0.25) is 5.91 Å². The van der Waals surface area contributed by atoms with Gasteiger partial charge in [0.1, 0.15) is 29.0 Å². The van der Waals surface area contributed by atoms with Crippen molar-refractivity contribution in [3.05, 3.63) is 88.5 Å². The fourth-order valence-electron chi connectivity index (χ4n) is 4.78. The first-order chi connectivity index (χ1) is 20.2. The van der Waals surface area contributed by atoms with Gasteiger partial charge in [-0.3, -0.25) is 9.59 Å². The van der Waals surface area contributed by atoms with Crippen LogP contribution in [-0.4, -0.2) is 23.7 Å². The Morgan fingerprint density at radius 1 is 0.929 bits per heavy atom. The Morgan fingerprint density at radius 3 is 2.38 bits per heavy atom. The van der Waals surface area contributed by atoms with Crippen LogP contribution in [0.1, 0.15) is 73.9 Å². The highest BCUT2D eigenvalue weighted by atomic mass is 32.2. The van der Waals surface area contributed by atoms with Gasteiger partial charge in [0.25, 0.3) is 5.91 Å². The number of anilines is 1. The molecule has 5 nitrogen and oxygen atoms in total. The van der Waals surface area contributed by atoms with Crippen molar-refractivity contribution in [3.8, 4) is 5.75 Å². The van der Waals surface area contributed by atoms with Crippen LogP contribution in [0.3, 0.4) is 0 Å². The third kappa shape index (κ3) is 7.65. The van der Waals surface area contributed by atoms with E-state index in [9.17, 15) is 22.8 Å². The second-order valence-corrected chi connectivity index (χ2v) is 11.6. The molecule has 3 aromatic carbocycles. The summed E-state index contributed by atoms with van der Waals surface area (Å²) < 4.78 is 62.2. The zero-order valence-corrected chi connectivity index (χ0v) is 24.5. The predicted octanol–water partition coefficient (Wildman–Crippen LogP) is 7.94. The molecule has 1 N–H and O–H groups in total. The van der Waals surface area contributed by atoms with Gasteiger partial charge in [-0.2, -0.15) is 0 Å². The van der Waals surface area contributed by atoms with E-state index in [0.29, 0.717) is 35.1 Å². The van der Waals surface area contributed by atoms with Crippen LogP contribution in [-0.2, 0) is 17.9 Å². The Kier molecular flexibility index (Phi) is 10.9. The van der Waals surface area contributed by atoms with E-state index in [1.807, 2.05) is 0 Å². The van der Waals surface area contributed by atoms with E-state index in [2.05, 4.69) is 12.2 Å². The minimum atomic E-state index is -1.10. The maximum Gasteiger partial charge on any atom is 0.251 e. The van der Waals surface area contributed by atoms with Gasteiger partial charge in [-0.15, -0.1) is 11.8 Å². The van der Waals surface area contributed by atoms with Crippen LogP contribution in [0.15, 0.2) is 53.4 Å².